The van der Waals surface area contributed by atoms with Crippen molar-refractivity contribution >= 4 is 23.4 Å². The number of hydrogen-bond donors (Lipinski definition) is 3. The summed E-state index contributed by atoms with van der Waals surface area (Å²) in [7, 11) is 1.73. The Morgan fingerprint density at radius 3 is 2.35 bits per heavy atom. The zero-order valence-corrected chi connectivity index (χ0v) is 20.0. The fourth-order valence-electron chi connectivity index (χ4n) is 5.06. The van der Waals surface area contributed by atoms with Gasteiger partial charge in [-0.1, -0.05) is 69.2 Å². The van der Waals surface area contributed by atoms with E-state index in [4.69, 9.17) is 0 Å². The molecule has 180 valence electrons. The quantitative estimate of drug-likeness (QED) is 0.613. The van der Waals surface area contributed by atoms with Crippen molar-refractivity contribution in [2.24, 2.45) is 11.3 Å². The van der Waals surface area contributed by atoms with E-state index in [1.165, 1.54) is 0 Å². The maximum Gasteiger partial charge on any atom is 0.253 e. The molecule has 1 fully saturated rings. The number of nitrogens with one attached hydrogen (secondary N) is 2. The van der Waals surface area contributed by atoms with Gasteiger partial charge in [-0.15, -0.1) is 0 Å². The average molecular weight is 464 g/mol. The molecule has 1 unspecified atom stereocenters. The van der Waals surface area contributed by atoms with Crippen molar-refractivity contribution in [1.82, 2.24) is 10.6 Å². The predicted molar refractivity (Wildman–Crippen MR) is 131 cm³/mol. The molecule has 0 bridgehead atoms. The van der Waals surface area contributed by atoms with Gasteiger partial charge in [0.25, 0.3) is 5.91 Å². The van der Waals surface area contributed by atoms with Crippen molar-refractivity contribution in [2.45, 2.75) is 51.7 Å². The second kappa shape index (κ2) is 9.58. The monoisotopic (exact) mass is 463 g/mol. The summed E-state index contributed by atoms with van der Waals surface area (Å²) < 4.78 is 0. The smallest absolute Gasteiger partial charge is 0.253 e. The molecule has 7 heteroatoms. The molecule has 2 atom stereocenters. The van der Waals surface area contributed by atoms with Crippen LogP contribution in [0.1, 0.15) is 51.1 Å². The topological polar surface area (TPSA) is 98.7 Å². The fourth-order valence-corrected chi connectivity index (χ4v) is 5.06. The summed E-state index contributed by atoms with van der Waals surface area (Å²) in [6.07, 6.45) is 1.86. The molecule has 1 aliphatic heterocycles. The lowest BCUT2D eigenvalue weighted by molar-refractivity contribution is -0.136. The van der Waals surface area contributed by atoms with E-state index < -0.39 is 23.5 Å². The van der Waals surface area contributed by atoms with Gasteiger partial charge in [-0.25, -0.2) is 0 Å². The van der Waals surface area contributed by atoms with Gasteiger partial charge in [0, 0.05) is 19.2 Å². The van der Waals surface area contributed by atoms with Crippen LogP contribution in [0.2, 0.25) is 0 Å². The first-order valence-electron chi connectivity index (χ1n) is 12.0. The average Bonchev–Trinajstić information content (AvgIpc) is 3.32. The molecule has 7 nitrogen and oxygen atoms in total. The third-order valence-electron chi connectivity index (χ3n) is 7.22. The number of aliphatic hydroxyl groups is 1. The zero-order valence-electron chi connectivity index (χ0n) is 20.0. The van der Waals surface area contributed by atoms with Gasteiger partial charge in [0.15, 0.2) is 0 Å². The lowest BCUT2D eigenvalue weighted by Crippen LogP contribution is -2.51. The van der Waals surface area contributed by atoms with Gasteiger partial charge >= 0.3 is 0 Å². The van der Waals surface area contributed by atoms with Crippen LogP contribution in [0, 0.1) is 11.3 Å². The van der Waals surface area contributed by atoms with Crippen molar-refractivity contribution in [3.8, 4) is 11.1 Å². The Kier molecular flexibility index (Phi) is 6.75. The normalized spacial score (nSPS) is 19.7. The van der Waals surface area contributed by atoms with E-state index in [0.29, 0.717) is 12.8 Å². The minimum Gasteiger partial charge on any atom is -0.383 e. The SMILES string of the molecule is CC(C)[C@H](O)C(=O)NCC1(C(=O)NC2C(=O)N(C)c3ccccc3-c3ccccc32)CCCC1. The number of fused-ring (bicyclic) bond motifs is 3. The first-order valence-corrected chi connectivity index (χ1v) is 12.0. The van der Waals surface area contributed by atoms with Gasteiger partial charge in [0.05, 0.1) is 11.1 Å². The molecule has 0 aromatic heterocycles. The predicted octanol–water partition coefficient (Wildman–Crippen LogP) is 3.18. The van der Waals surface area contributed by atoms with Gasteiger partial charge in [-0.05, 0) is 36.0 Å². The van der Waals surface area contributed by atoms with Crippen LogP contribution >= 0.6 is 0 Å². The van der Waals surface area contributed by atoms with Gasteiger partial charge < -0.3 is 20.6 Å². The molecule has 2 aromatic rings. The van der Waals surface area contributed by atoms with Crippen LogP contribution in [0.15, 0.2) is 48.5 Å². The first kappa shape index (κ1) is 24.0. The fraction of sp³-hybridized carbons (Fsp3) is 0.444. The Balaban J connectivity index is 1.62. The van der Waals surface area contributed by atoms with E-state index in [0.717, 1.165) is 35.2 Å². The van der Waals surface area contributed by atoms with Gasteiger partial charge in [-0.3, -0.25) is 14.4 Å². The summed E-state index contributed by atoms with van der Waals surface area (Å²) in [5.41, 5.74) is 2.60. The number of amides is 3. The van der Waals surface area contributed by atoms with Crippen molar-refractivity contribution < 1.29 is 19.5 Å². The van der Waals surface area contributed by atoms with E-state index in [9.17, 15) is 19.5 Å². The number of likely N-dealkylation sites (N-methyl/N-ethyl adjacent to an activating group) is 1. The number of rotatable bonds is 6. The summed E-state index contributed by atoms with van der Waals surface area (Å²) in [5.74, 6) is -1.14. The minimum absolute atomic E-state index is 0.139. The van der Waals surface area contributed by atoms with Crippen LogP contribution in [0.5, 0.6) is 0 Å². The standard InChI is InChI=1S/C27H33N3O4/c1-17(2)23(31)24(32)28-16-27(14-8-9-15-27)26(34)29-22-20-12-5-4-10-18(20)19-11-6-7-13-21(19)30(3)25(22)33/h4-7,10-13,17,22-23,31H,8-9,14-16H2,1-3H3,(H,28,32)(H,29,34)/t22?,23-/m0/s1. The molecule has 0 spiro atoms. The maximum absolute atomic E-state index is 13.7. The summed E-state index contributed by atoms with van der Waals surface area (Å²) >= 11 is 0. The third kappa shape index (κ3) is 4.32. The van der Waals surface area contributed by atoms with Crippen LogP contribution in [0.3, 0.4) is 0 Å². The molecule has 2 aromatic carbocycles. The van der Waals surface area contributed by atoms with Crippen LogP contribution in [0.25, 0.3) is 11.1 Å². The molecule has 4 rings (SSSR count). The van der Waals surface area contributed by atoms with E-state index >= 15 is 0 Å². The molecule has 0 saturated heterocycles. The lowest BCUT2D eigenvalue weighted by Gasteiger charge is -2.31. The molecule has 3 amide bonds. The highest BCUT2D eigenvalue weighted by Gasteiger charge is 2.44. The second-order valence-corrected chi connectivity index (χ2v) is 9.80. The molecule has 3 N–H and O–H groups in total. The summed E-state index contributed by atoms with van der Waals surface area (Å²) in [6.45, 7) is 3.68. The Morgan fingerprint density at radius 2 is 1.68 bits per heavy atom. The molecule has 0 radical (unpaired) electrons. The van der Waals surface area contributed by atoms with Gasteiger partial charge in [0.1, 0.15) is 12.1 Å². The number of anilines is 1. The molecule has 2 aliphatic rings. The van der Waals surface area contributed by atoms with Crippen molar-refractivity contribution in [3.05, 3.63) is 54.1 Å². The van der Waals surface area contributed by atoms with E-state index in [1.807, 2.05) is 48.5 Å². The van der Waals surface area contributed by atoms with Crippen molar-refractivity contribution in [3.63, 3.8) is 0 Å². The molecule has 34 heavy (non-hydrogen) atoms. The number of hydrogen-bond acceptors (Lipinski definition) is 4. The van der Waals surface area contributed by atoms with Crippen molar-refractivity contribution in [1.29, 1.82) is 0 Å². The molecule has 1 heterocycles. The third-order valence-corrected chi connectivity index (χ3v) is 7.22. The van der Waals surface area contributed by atoms with Gasteiger partial charge in [-0.2, -0.15) is 0 Å². The summed E-state index contributed by atoms with van der Waals surface area (Å²) in [4.78, 5) is 41.2. The summed E-state index contributed by atoms with van der Waals surface area (Å²) in [5, 5.41) is 15.9. The molecule has 1 aliphatic carbocycles. The summed E-state index contributed by atoms with van der Waals surface area (Å²) in [6, 6.07) is 14.5. The van der Waals surface area contributed by atoms with E-state index in [2.05, 4.69) is 10.6 Å². The van der Waals surface area contributed by atoms with Crippen LogP contribution in [0.4, 0.5) is 5.69 Å². The Morgan fingerprint density at radius 1 is 1.06 bits per heavy atom. The number of para-hydroxylation sites is 1. The van der Waals surface area contributed by atoms with Crippen LogP contribution in [-0.2, 0) is 14.4 Å². The lowest BCUT2D eigenvalue weighted by atomic mass is 9.84. The number of carbonyl (C=O) groups is 3. The van der Waals surface area contributed by atoms with E-state index in [-0.39, 0.29) is 24.3 Å². The van der Waals surface area contributed by atoms with Gasteiger partial charge in [0.2, 0.25) is 11.8 Å². The molecule has 1 saturated carbocycles. The highest BCUT2D eigenvalue weighted by atomic mass is 16.3. The largest absolute Gasteiger partial charge is 0.383 e. The Bertz CT molecular complexity index is 1090. The highest BCUT2D eigenvalue weighted by Crippen LogP contribution is 2.42. The van der Waals surface area contributed by atoms with E-state index in [1.54, 1.807) is 25.8 Å². The second-order valence-electron chi connectivity index (χ2n) is 9.80. The van der Waals surface area contributed by atoms with Crippen LogP contribution < -0.4 is 15.5 Å². The maximum atomic E-state index is 13.7. The zero-order chi connectivity index (χ0) is 24.5. The number of nitrogens with zero attached hydrogens (tertiary/aromatic N) is 1. The Labute approximate surface area is 200 Å². The highest BCUT2D eigenvalue weighted by molar-refractivity contribution is 6.06. The number of carbonyl (C=O) groups excluding carboxylic acids is 3. The minimum atomic E-state index is -1.12. The Hall–Kier alpha value is -3.19. The molecular formula is C27H33N3O4. The number of benzene rings is 2. The number of aliphatic hydroxyl groups excluding tert-OH is 1. The first-order chi connectivity index (χ1) is 16.2. The molecular weight excluding hydrogens is 430 g/mol. The van der Waals surface area contributed by atoms with Crippen LogP contribution in [-0.4, -0.2) is 42.5 Å². The van der Waals surface area contributed by atoms with Crippen molar-refractivity contribution in [2.75, 3.05) is 18.5 Å².